The molecule has 0 aliphatic heterocycles. The summed E-state index contributed by atoms with van der Waals surface area (Å²) in [5.41, 5.74) is 5.67. The molecule has 2 rings (SSSR count). The van der Waals surface area contributed by atoms with E-state index in [1.807, 2.05) is 43.3 Å². The second-order valence-electron chi connectivity index (χ2n) is 4.74. The second-order valence-corrected chi connectivity index (χ2v) is 4.74. The third-order valence-corrected chi connectivity index (χ3v) is 3.01. The lowest BCUT2D eigenvalue weighted by molar-refractivity contribution is -0.207. The Balaban J connectivity index is 2.11. The average molecular weight is 309 g/mol. The fourth-order valence-electron chi connectivity index (χ4n) is 2.01. The molecule has 2 aromatic rings. The molecule has 1 N–H and O–H groups in total. The van der Waals surface area contributed by atoms with Crippen LogP contribution in [0.5, 0.6) is 0 Å². The maximum absolute atomic E-state index is 12.0. The summed E-state index contributed by atoms with van der Waals surface area (Å²) in [5.74, 6) is -2.26. The predicted octanol–water partition coefficient (Wildman–Crippen LogP) is 3.77. The van der Waals surface area contributed by atoms with E-state index in [2.05, 4.69) is 10.3 Å². The van der Waals surface area contributed by atoms with E-state index >= 15 is 0 Å². The van der Waals surface area contributed by atoms with Gasteiger partial charge in [-0.05, 0) is 23.6 Å². The van der Waals surface area contributed by atoms with Crippen molar-refractivity contribution < 1.29 is 22.8 Å². The van der Waals surface area contributed by atoms with Gasteiger partial charge in [0, 0.05) is 0 Å². The molecular formula is C16H14F3NO2. The maximum Gasteiger partial charge on any atom is 0.492 e. The van der Waals surface area contributed by atoms with Crippen molar-refractivity contribution in [2.45, 2.75) is 19.6 Å². The number of carbonyl (C=O) groups excluding carboxylic acids is 1. The third kappa shape index (κ3) is 4.08. The average Bonchev–Trinajstić information content (AvgIpc) is 2.46. The normalized spacial score (nSPS) is 11.3. The van der Waals surface area contributed by atoms with Crippen LogP contribution in [-0.4, -0.2) is 12.1 Å². The number of carbonyl (C=O) groups is 1. The van der Waals surface area contributed by atoms with E-state index in [0.717, 1.165) is 22.3 Å². The van der Waals surface area contributed by atoms with E-state index in [9.17, 15) is 18.0 Å². The highest BCUT2D eigenvalue weighted by molar-refractivity contribution is 5.75. The van der Waals surface area contributed by atoms with Crippen molar-refractivity contribution in [3.05, 3.63) is 59.7 Å². The summed E-state index contributed by atoms with van der Waals surface area (Å²) in [5, 5.41) is 0. The van der Waals surface area contributed by atoms with Crippen LogP contribution in [0.3, 0.4) is 0 Å². The minimum atomic E-state index is -5.01. The number of benzene rings is 2. The number of rotatable bonds is 4. The lowest BCUT2D eigenvalue weighted by atomic mass is 9.98. The lowest BCUT2D eigenvalue weighted by Crippen LogP contribution is -2.31. The zero-order chi connectivity index (χ0) is 16.2. The summed E-state index contributed by atoms with van der Waals surface area (Å²) < 4.78 is 36.1. The van der Waals surface area contributed by atoms with Crippen LogP contribution < -0.4 is 5.48 Å². The second kappa shape index (κ2) is 6.62. The number of hydrogen-bond acceptors (Lipinski definition) is 3. The van der Waals surface area contributed by atoms with Gasteiger partial charge in [-0.3, -0.25) is 0 Å². The van der Waals surface area contributed by atoms with Gasteiger partial charge >= 0.3 is 12.1 Å². The molecule has 6 heteroatoms. The van der Waals surface area contributed by atoms with Crippen LogP contribution >= 0.6 is 0 Å². The molecule has 0 saturated heterocycles. The number of halogens is 3. The largest absolute Gasteiger partial charge is 0.492 e. The summed E-state index contributed by atoms with van der Waals surface area (Å²) in [6.45, 7) is 1.93. The van der Waals surface area contributed by atoms with Crippen LogP contribution in [0.15, 0.2) is 48.5 Å². The van der Waals surface area contributed by atoms with Crippen LogP contribution in [0.4, 0.5) is 13.2 Å². The molecule has 0 aromatic heterocycles. The molecule has 0 radical (unpaired) electrons. The van der Waals surface area contributed by atoms with E-state index < -0.39 is 12.1 Å². The summed E-state index contributed by atoms with van der Waals surface area (Å²) >= 11 is 0. The lowest BCUT2D eigenvalue weighted by Gasteiger charge is -2.12. The first-order chi connectivity index (χ1) is 10.4. The van der Waals surface area contributed by atoms with E-state index in [1.54, 1.807) is 12.1 Å². The third-order valence-electron chi connectivity index (χ3n) is 3.01. The van der Waals surface area contributed by atoms with Crippen molar-refractivity contribution >= 4 is 5.97 Å². The molecule has 0 spiro atoms. The molecule has 0 saturated carbocycles. The topological polar surface area (TPSA) is 38.3 Å². The van der Waals surface area contributed by atoms with Gasteiger partial charge in [-0.1, -0.05) is 54.1 Å². The van der Waals surface area contributed by atoms with Crippen molar-refractivity contribution in [3.63, 3.8) is 0 Å². The van der Waals surface area contributed by atoms with Gasteiger partial charge in [0.25, 0.3) is 0 Å². The molecular weight excluding hydrogens is 295 g/mol. The van der Waals surface area contributed by atoms with E-state index in [0.29, 0.717) is 0 Å². The summed E-state index contributed by atoms with van der Waals surface area (Å²) in [7, 11) is 0. The SMILES string of the molecule is Cc1cccc(-c2ccccc2CNOC(=O)C(F)(F)F)c1. The molecule has 116 valence electrons. The molecule has 0 atom stereocenters. The first kappa shape index (κ1) is 16.0. The first-order valence-electron chi connectivity index (χ1n) is 6.54. The van der Waals surface area contributed by atoms with E-state index in [4.69, 9.17) is 0 Å². The molecule has 0 fully saturated rings. The van der Waals surface area contributed by atoms with Crippen molar-refractivity contribution in [2.75, 3.05) is 0 Å². The van der Waals surface area contributed by atoms with Gasteiger partial charge < -0.3 is 4.84 Å². The Hall–Kier alpha value is -2.34. The Morgan fingerprint density at radius 2 is 1.86 bits per heavy atom. The monoisotopic (exact) mass is 309 g/mol. The highest BCUT2D eigenvalue weighted by Gasteiger charge is 2.41. The van der Waals surface area contributed by atoms with Crippen LogP contribution in [0.1, 0.15) is 11.1 Å². The number of alkyl halides is 3. The Labute approximate surface area is 125 Å². The quantitative estimate of drug-likeness (QED) is 0.874. The van der Waals surface area contributed by atoms with Gasteiger partial charge in [0.05, 0.1) is 6.54 Å². The highest BCUT2D eigenvalue weighted by atomic mass is 19.4. The minimum Gasteiger partial charge on any atom is -0.363 e. The number of aryl methyl sites for hydroxylation is 1. The molecule has 3 nitrogen and oxygen atoms in total. The summed E-state index contributed by atoms with van der Waals surface area (Å²) in [6, 6.07) is 15.0. The van der Waals surface area contributed by atoms with Crippen LogP contribution in [0.25, 0.3) is 11.1 Å². The molecule has 0 amide bonds. The standard InChI is InChI=1S/C16H14F3NO2/c1-11-5-4-7-12(9-11)14-8-3-2-6-13(14)10-20-22-15(21)16(17,18)19/h2-9,20H,10H2,1H3. The van der Waals surface area contributed by atoms with Gasteiger partial charge in [0.1, 0.15) is 0 Å². The smallest absolute Gasteiger partial charge is 0.363 e. The fourth-order valence-corrected chi connectivity index (χ4v) is 2.01. The van der Waals surface area contributed by atoms with Crippen molar-refractivity contribution in [3.8, 4) is 11.1 Å². The Morgan fingerprint density at radius 1 is 1.14 bits per heavy atom. The van der Waals surface area contributed by atoms with Gasteiger partial charge in [0.2, 0.25) is 0 Å². The molecule has 2 aromatic carbocycles. The molecule has 22 heavy (non-hydrogen) atoms. The molecule has 0 aliphatic rings. The van der Waals surface area contributed by atoms with Crippen LogP contribution in [0, 0.1) is 6.92 Å². The van der Waals surface area contributed by atoms with Gasteiger partial charge in [-0.2, -0.15) is 13.2 Å². The minimum absolute atomic E-state index is 0.0219. The maximum atomic E-state index is 12.0. The number of nitrogens with one attached hydrogen (secondary N) is 1. The molecule has 0 unspecified atom stereocenters. The first-order valence-corrected chi connectivity index (χ1v) is 6.54. The molecule has 0 aliphatic carbocycles. The molecule has 0 bridgehead atoms. The predicted molar refractivity (Wildman–Crippen MR) is 75.6 cm³/mol. The Morgan fingerprint density at radius 3 is 2.55 bits per heavy atom. The fraction of sp³-hybridized carbons (Fsp3) is 0.188. The van der Waals surface area contributed by atoms with Gasteiger partial charge in [-0.15, -0.1) is 5.48 Å². The van der Waals surface area contributed by atoms with Gasteiger partial charge in [-0.25, -0.2) is 4.79 Å². The summed E-state index contributed by atoms with van der Waals surface area (Å²) in [6.07, 6.45) is -5.01. The zero-order valence-electron chi connectivity index (χ0n) is 11.8. The van der Waals surface area contributed by atoms with Crippen molar-refractivity contribution in [2.24, 2.45) is 0 Å². The Kier molecular flexibility index (Phi) is 4.82. The molecule has 0 heterocycles. The van der Waals surface area contributed by atoms with E-state index in [-0.39, 0.29) is 6.54 Å². The van der Waals surface area contributed by atoms with E-state index in [1.165, 1.54) is 0 Å². The van der Waals surface area contributed by atoms with Crippen LogP contribution in [-0.2, 0) is 16.2 Å². The van der Waals surface area contributed by atoms with Crippen molar-refractivity contribution in [1.29, 1.82) is 0 Å². The summed E-state index contributed by atoms with van der Waals surface area (Å²) in [4.78, 5) is 14.7. The zero-order valence-corrected chi connectivity index (χ0v) is 11.8. The highest BCUT2D eigenvalue weighted by Crippen LogP contribution is 2.24. The number of hydrogen-bond donors (Lipinski definition) is 1. The van der Waals surface area contributed by atoms with Gasteiger partial charge in [0.15, 0.2) is 0 Å². The Bertz CT molecular complexity index is 668. The van der Waals surface area contributed by atoms with Crippen molar-refractivity contribution in [1.82, 2.24) is 5.48 Å². The van der Waals surface area contributed by atoms with Crippen LogP contribution in [0.2, 0.25) is 0 Å². The number of hydroxylamine groups is 1.